The summed E-state index contributed by atoms with van der Waals surface area (Å²) in [5.74, 6) is -1.43. The molecule has 0 atom stereocenters. The lowest BCUT2D eigenvalue weighted by Crippen LogP contribution is -2.25. The van der Waals surface area contributed by atoms with E-state index in [-0.39, 0.29) is 10.6 Å². The van der Waals surface area contributed by atoms with Crippen LogP contribution in [0, 0.1) is 0 Å². The number of carboxylic acid groups (broad SMARTS) is 1. The fourth-order valence-corrected chi connectivity index (χ4v) is 3.27. The maximum absolute atomic E-state index is 12.9. The summed E-state index contributed by atoms with van der Waals surface area (Å²) in [6, 6.07) is 7.52. The van der Waals surface area contributed by atoms with Crippen molar-refractivity contribution in [3.05, 3.63) is 64.2 Å². The monoisotopic (exact) mass is 393 g/mol. The molecule has 0 bridgehead atoms. The van der Waals surface area contributed by atoms with Gasteiger partial charge in [0.25, 0.3) is 0 Å². The molecule has 0 heterocycles. The van der Waals surface area contributed by atoms with Crippen LogP contribution < -0.4 is 4.72 Å². The van der Waals surface area contributed by atoms with Crippen LogP contribution in [0.1, 0.15) is 21.5 Å². The van der Waals surface area contributed by atoms with Crippen molar-refractivity contribution < 1.29 is 31.5 Å². The molecule has 134 valence electrons. The first-order valence-electron chi connectivity index (χ1n) is 6.70. The highest BCUT2D eigenvalue weighted by molar-refractivity contribution is 7.89. The van der Waals surface area contributed by atoms with Gasteiger partial charge >= 0.3 is 12.1 Å². The molecule has 0 aliphatic heterocycles. The number of carbonyl (C=O) groups is 1. The molecule has 0 saturated heterocycles. The zero-order valence-corrected chi connectivity index (χ0v) is 13.9. The van der Waals surface area contributed by atoms with Crippen molar-refractivity contribution in [3.63, 3.8) is 0 Å². The molecule has 2 aromatic rings. The number of alkyl halides is 3. The van der Waals surface area contributed by atoms with E-state index in [1.54, 1.807) is 0 Å². The molecule has 0 radical (unpaired) electrons. The van der Waals surface area contributed by atoms with Gasteiger partial charge in [0.1, 0.15) is 0 Å². The zero-order valence-electron chi connectivity index (χ0n) is 12.3. The molecule has 0 saturated carbocycles. The highest BCUT2D eigenvalue weighted by Crippen LogP contribution is 2.32. The first-order valence-corrected chi connectivity index (χ1v) is 8.56. The summed E-state index contributed by atoms with van der Waals surface area (Å²) in [5.41, 5.74) is -1.65. The molecule has 0 fully saturated rings. The fourth-order valence-electron chi connectivity index (χ4n) is 2.04. The predicted molar refractivity (Wildman–Crippen MR) is 83.9 cm³/mol. The largest absolute Gasteiger partial charge is 0.478 e. The molecular weight excluding hydrogens is 383 g/mol. The van der Waals surface area contributed by atoms with Crippen LogP contribution in [0.4, 0.5) is 13.2 Å². The number of rotatable bonds is 5. The zero-order chi connectivity index (χ0) is 18.8. The van der Waals surface area contributed by atoms with E-state index in [1.807, 2.05) is 4.72 Å². The van der Waals surface area contributed by atoms with Crippen molar-refractivity contribution in [1.29, 1.82) is 0 Å². The van der Waals surface area contributed by atoms with Crippen molar-refractivity contribution in [2.24, 2.45) is 0 Å². The third-order valence-electron chi connectivity index (χ3n) is 3.25. The van der Waals surface area contributed by atoms with Crippen molar-refractivity contribution in [2.45, 2.75) is 17.6 Å². The third-order valence-corrected chi connectivity index (χ3v) is 4.98. The van der Waals surface area contributed by atoms with Gasteiger partial charge in [0.05, 0.1) is 21.0 Å². The van der Waals surface area contributed by atoms with E-state index in [0.29, 0.717) is 0 Å². The smallest absolute Gasteiger partial charge is 0.416 e. The standard InChI is InChI=1S/C15H11ClF3NO4S/c16-13-6-5-10(7-11(13)14(21)22)25(23,24)20-8-9-3-1-2-4-12(9)15(17,18)19/h1-7,20H,8H2,(H,21,22). The van der Waals surface area contributed by atoms with Gasteiger partial charge in [0.2, 0.25) is 10.0 Å². The Morgan fingerprint density at radius 3 is 2.40 bits per heavy atom. The molecule has 0 amide bonds. The van der Waals surface area contributed by atoms with Gasteiger partial charge in [-0.1, -0.05) is 29.8 Å². The van der Waals surface area contributed by atoms with Gasteiger partial charge in [-0.3, -0.25) is 0 Å². The molecule has 0 unspecified atom stereocenters. The number of benzene rings is 2. The minimum atomic E-state index is -4.63. The number of hydrogen-bond donors (Lipinski definition) is 2. The first-order chi connectivity index (χ1) is 11.5. The summed E-state index contributed by atoms with van der Waals surface area (Å²) in [7, 11) is -4.23. The summed E-state index contributed by atoms with van der Waals surface area (Å²) in [6.45, 7) is -0.608. The molecule has 0 aliphatic rings. The van der Waals surface area contributed by atoms with Crippen LogP contribution in [0.3, 0.4) is 0 Å². The Labute approximate surface area is 146 Å². The van der Waals surface area contributed by atoms with Crippen LogP contribution in [0.25, 0.3) is 0 Å². The molecule has 2 N–H and O–H groups in total. The van der Waals surface area contributed by atoms with E-state index in [9.17, 15) is 26.4 Å². The van der Waals surface area contributed by atoms with Crippen LogP contribution in [-0.4, -0.2) is 19.5 Å². The molecule has 0 aliphatic carbocycles. The minimum absolute atomic E-state index is 0.158. The topological polar surface area (TPSA) is 83.5 Å². The number of aromatic carboxylic acids is 1. The van der Waals surface area contributed by atoms with Crippen LogP contribution in [0.5, 0.6) is 0 Å². The third kappa shape index (κ3) is 4.50. The summed E-state index contributed by atoms with van der Waals surface area (Å²) in [5, 5.41) is 8.81. The average molecular weight is 394 g/mol. The summed E-state index contributed by atoms with van der Waals surface area (Å²) < 4.78 is 65.2. The molecule has 0 spiro atoms. The Balaban J connectivity index is 2.30. The van der Waals surface area contributed by atoms with E-state index < -0.39 is 44.7 Å². The Morgan fingerprint density at radius 1 is 1.16 bits per heavy atom. The first kappa shape index (κ1) is 19.2. The maximum atomic E-state index is 12.9. The lowest BCUT2D eigenvalue weighted by atomic mass is 10.1. The molecule has 25 heavy (non-hydrogen) atoms. The molecule has 2 aromatic carbocycles. The minimum Gasteiger partial charge on any atom is -0.478 e. The summed E-state index contributed by atoms with van der Waals surface area (Å²) >= 11 is 5.66. The average Bonchev–Trinajstić information content (AvgIpc) is 2.52. The van der Waals surface area contributed by atoms with Crippen LogP contribution >= 0.6 is 11.6 Å². The lowest BCUT2D eigenvalue weighted by Gasteiger charge is -2.13. The normalized spacial score (nSPS) is 12.2. The van der Waals surface area contributed by atoms with Gasteiger partial charge in [-0.2, -0.15) is 13.2 Å². The van der Waals surface area contributed by atoms with Crippen LogP contribution in [0.2, 0.25) is 5.02 Å². The maximum Gasteiger partial charge on any atom is 0.416 e. The van der Waals surface area contributed by atoms with Gasteiger partial charge in [-0.15, -0.1) is 0 Å². The second-order valence-electron chi connectivity index (χ2n) is 4.93. The number of sulfonamides is 1. The second kappa shape index (κ2) is 7.03. The predicted octanol–water partition coefficient (Wildman–Crippen LogP) is 3.54. The Morgan fingerprint density at radius 2 is 1.80 bits per heavy atom. The number of halogens is 4. The lowest BCUT2D eigenvalue weighted by molar-refractivity contribution is -0.138. The van der Waals surface area contributed by atoms with E-state index in [1.165, 1.54) is 12.1 Å². The quantitative estimate of drug-likeness (QED) is 0.814. The molecule has 5 nitrogen and oxygen atoms in total. The van der Waals surface area contributed by atoms with Gasteiger partial charge in [0, 0.05) is 6.54 Å². The summed E-state index contributed by atoms with van der Waals surface area (Å²) in [4.78, 5) is 10.6. The molecule has 2 rings (SSSR count). The van der Waals surface area contributed by atoms with Crippen molar-refractivity contribution in [2.75, 3.05) is 0 Å². The number of hydrogen-bond acceptors (Lipinski definition) is 3. The van der Waals surface area contributed by atoms with E-state index in [0.717, 1.165) is 30.3 Å². The fraction of sp³-hybridized carbons (Fsp3) is 0.133. The van der Waals surface area contributed by atoms with Gasteiger partial charge < -0.3 is 5.11 Å². The molecular formula is C15H11ClF3NO4S. The van der Waals surface area contributed by atoms with Gasteiger partial charge in [-0.25, -0.2) is 17.9 Å². The van der Waals surface area contributed by atoms with Crippen molar-refractivity contribution in [1.82, 2.24) is 4.72 Å². The van der Waals surface area contributed by atoms with Gasteiger partial charge in [-0.05, 0) is 29.8 Å². The van der Waals surface area contributed by atoms with Crippen LogP contribution in [0.15, 0.2) is 47.4 Å². The van der Waals surface area contributed by atoms with Crippen molar-refractivity contribution in [3.8, 4) is 0 Å². The molecule has 0 aromatic heterocycles. The Kier molecular flexibility index (Phi) is 5.40. The SMILES string of the molecule is O=C(O)c1cc(S(=O)(=O)NCc2ccccc2C(F)(F)F)ccc1Cl. The number of carboxylic acids is 1. The molecule has 10 heteroatoms. The Hall–Kier alpha value is -2.10. The summed E-state index contributed by atoms with van der Waals surface area (Å²) in [6.07, 6.45) is -4.63. The van der Waals surface area contributed by atoms with E-state index >= 15 is 0 Å². The Bertz CT molecular complexity index is 913. The van der Waals surface area contributed by atoms with Gasteiger partial charge in [0.15, 0.2) is 0 Å². The highest BCUT2D eigenvalue weighted by Gasteiger charge is 2.33. The van der Waals surface area contributed by atoms with Crippen molar-refractivity contribution >= 4 is 27.6 Å². The highest BCUT2D eigenvalue weighted by atomic mass is 35.5. The van der Waals surface area contributed by atoms with Crippen LogP contribution in [-0.2, 0) is 22.7 Å². The van der Waals surface area contributed by atoms with E-state index in [2.05, 4.69) is 0 Å². The van der Waals surface area contributed by atoms with E-state index in [4.69, 9.17) is 16.7 Å². The second-order valence-corrected chi connectivity index (χ2v) is 7.10. The number of nitrogens with one attached hydrogen (secondary N) is 1.